The Labute approximate surface area is 160 Å². The summed E-state index contributed by atoms with van der Waals surface area (Å²) in [5, 5.41) is 4.09. The van der Waals surface area contributed by atoms with Crippen LogP contribution in [0.5, 0.6) is 17.2 Å². The zero-order valence-corrected chi connectivity index (χ0v) is 15.9. The van der Waals surface area contributed by atoms with Gasteiger partial charge in [-0.2, -0.15) is 0 Å². The molecule has 0 saturated carbocycles. The first kappa shape index (κ1) is 18.4. The molecule has 2 aromatic carbocycles. The van der Waals surface area contributed by atoms with Crippen molar-refractivity contribution in [2.45, 2.75) is 0 Å². The number of benzene rings is 2. The van der Waals surface area contributed by atoms with Gasteiger partial charge < -0.3 is 19.5 Å². The van der Waals surface area contributed by atoms with E-state index in [0.29, 0.717) is 34.6 Å². The lowest BCUT2D eigenvalue weighted by Gasteiger charge is -2.08. The summed E-state index contributed by atoms with van der Waals surface area (Å²) in [7, 11) is 3.21. The molecule has 1 amide bonds. The van der Waals surface area contributed by atoms with E-state index in [4.69, 9.17) is 25.8 Å². The Morgan fingerprint density at radius 3 is 2.38 bits per heavy atom. The van der Waals surface area contributed by atoms with Gasteiger partial charge in [0.1, 0.15) is 28.7 Å². The highest BCUT2D eigenvalue weighted by Gasteiger charge is 2.17. The summed E-state index contributed by atoms with van der Waals surface area (Å²) in [5.41, 5.74) is 0. The van der Waals surface area contributed by atoms with E-state index in [0.717, 1.165) is 15.8 Å². The highest BCUT2D eigenvalue weighted by molar-refractivity contribution is 7.21. The molecule has 0 aliphatic heterocycles. The van der Waals surface area contributed by atoms with Crippen LogP contribution in [-0.4, -0.2) is 33.3 Å². The van der Waals surface area contributed by atoms with E-state index in [1.807, 2.05) is 42.5 Å². The first-order valence-electron chi connectivity index (χ1n) is 7.93. The van der Waals surface area contributed by atoms with Gasteiger partial charge in [-0.3, -0.25) is 4.79 Å². The number of halogens is 1. The van der Waals surface area contributed by atoms with Crippen molar-refractivity contribution in [1.29, 1.82) is 0 Å². The van der Waals surface area contributed by atoms with Crippen LogP contribution < -0.4 is 19.5 Å². The lowest BCUT2D eigenvalue weighted by molar-refractivity contribution is 0.0951. The van der Waals surface area contributed by atoms with E-state index in [1.165, 1.54) is 11.3 Å². The molecule has 7 heteroatoms. The summed E-state index contributed by atoms with van der Waals surface area (Å²) < 4.78 is 16.8. The maximum absolute atomic E-state index is 12.4. The Morgan fingerprint density at radius 1 is 1.04 bits per heavy atom. The standard InChI is InChI=1S/C19H18ClNO4S/c1-23-12-3-5-13(6-4-12)25-10-9-21-19(22)18-17(20)15-11-14(24-2)7-8-16(15)26-18/h3-8,11H,9-10H2,1-2H3,(H,21,22). The summed E-state index contributed by atoms with van der Waals surface area (Å²) >= 11 is 7.72. The van der Waals surface area contributed by atoms with Gasteiger partial charge >= 0.3 is 0 Å². The Bertz CT molecular complexity index is 908. The second-order valence-electron chi connectivity index (χ2n) is 5.39. The number of carbonyl (C=O) groups is 1. The molecule has 136 valence electrons. The van der Waals surface area contributed by atoms with E-state index in [-0.39, 0.29) is 5.91 Å². The van der Waals surface area contributed by atoms with Crippen LogP contribution in [0.3, 0.4) is 0 Å². The molecule has 1 aromatic heterocycles. The molecule has 0 atom stereocenters. The predicted octanol–water partition coefficient (Wildman–Crippen LogP) is 4.38. The smallest absolute Gasteiger partial charge is 0.263 e. The van der Waals surface area contributed by atoms with Crippen molar-refractivity contribution >= 4 is 38.9 Å². The number of nitrogens with one attached hydrogen (secondary N) is 1. The molecule has 5 nitrogen and oxygen atoms in total. The Kier molecular flexibility index (Phi) is 5.85. The van der Waals surface area contributed by atoms with Crippen LogP contribution in [0, 0.1) is 0 Å². The number of thiophene rings is 1. The lowest BCUT2D eigenvalue weighted by atomic mass is 10.2. The number of methoxy groups -OCH3 is 2. The molecule has 0 aliphatic rings. The number of rotatable bonds is 7. The molecular weight excluding hydrogens is 374 g/mol. The van der Waals surface area contributed by atoms with Crippen LogP contribution in [0.25, 0.3) is 10.1 Å². The number of ether oxygens (including phenoxy) is 3. The highest BCUT2D eigenvalue weighted by atomic mass is 35.5. The Morgan fingerprint density at radius 2 is 1.69 bits per heavy atom. The molecule has 3 aromatic rings. The molecule has 0 bridgehead atoms. The van der Waals surface area contributed by atoms with Crippen molar-refractivity contribution < 1.29 is 19.0 Å². The van der Waals surface area contributed by atoms with Crippen molar-refractivity contribution in [2.24, 2.45) is 0 Å². The number of hydrogen-bond acceptors (Lipinski definition) is 5. The summed E-state index contributed by atoms with van der Waals surface area (Å²) in [6.45, 7) is 0.729. The van der Waals surface area contributed by atoms with Crippen molar-refractivity contribution in [3.8, 4) is 17.2 Å². The van der Waals surface area contributed by atoms with Gasteiger partial charge in [-0.25, -0.2) is 0 Å². The first-order valence-corrected chi connectivity index (χ1v) is 9.13. The minimum Gasteiger partial charge on any atom is -0.497 e. The molecular formula is C19H18ClNO4S. The van der Waals surface area contributed by atoms with E-state index in [2.05, 4.69) is 5.32 Å². The molecule has 0 saturated heterocycles. The van der Waals surface area contributed by atoms with E-state index in [9.17, 15) is 4.79 Å². The maximum atomic E-state index is 12.4. The Balaban J connectivity index is 1.57. The van der Waals surface area contributed by atoms with Gasteiger partial charge in [0.15, 0.2) is 0 Å². The normalized spacial score (nSPS) is 10.6. The molecule has 0 radical (unpaired) electrons. The van der Waals surface area contributed by atoms with Crippen LogP contribution in [0.15, 0.2) is 42.5 Å². The minimum absolute atomic E-state index is 0.214. The monoisotopic (exact) mass is 391 g/mol. The van der Waals surface area contributed by atoms with Crippen molar-refractivity contribution in [2.75, 3.05) is 27.4 Å². The van der Waals surface area contributed by atoms with Crippen LogP contribution >= 0.6 is 22.9 Å². The third kappa shape index (κ3) is 4.03. The van der Waals surface area contributed by atoms with E-state index in [1.54, 1.807) is 14.2 Å². The van der Waals surface area contributed by atoms with Gasteiger partial charge in [0.05, 0.1) is 25.8 Å². The molecule has 0 aliphatic carbocycles. The zero-order valence-electron chi connectivity index (χ0n) is 14.4. The van der Waals surface area contributed by atoms with E-state index < -0.39 is 0 Å². The SMILES string of the molecule is COc1ccc(OCCNC(=O)c2sc3ccc(OC)cc3c2Cl)cc1. The van der Waals surface area contributed by atoms with Gasteiger partial charge in [-0.05, 0) is 42.5 Å². The fourth-order valence-electron chi connectivity index (χ4n) is 2.41. The lowest BCUT2D eigenvalue weighted by Crippen LogP contribution is -2.27. The highest BCUT2D eigenvalue weighted by Crippen LogP contribution is 2.37. The van der Waals surface area contributed by atoms with Crippen LogP contribution in [0.4, 0.5) is 0 Å². The predicted molar refractivity (Wildman–Crippen MR) is 104 cm³/mol. The largest absolute Gasteiger partial charge is 0.497 e. The summed E-state index contributed by atoms with van der Waals surface area (Å²) in [6.07, 6.45) is 0. The number of carbonyl (C=O) groups excluding carboxylic acids is 1. The molecule has 0 unspecified atom stereocenters. The minimum atomic E-state index is -0.214. The third-order valence-corrected chi connectivity index (χ3v) is 5.43. The number of fused-ring (bicyclic) bond motifs is 1. The van der Waals surface area contributed by atoms with Crippen molar-refractivity contribution in [3.05, 3.63) is 52.4 Å². The quantitative estimate of drug-likeness (QED) is 0.607. The van der Waals surface area contributed by atoms with Gasteiger partial charge in [0, 0.05) is 10.1 Å². The zero-order chi connectivity index (χ0) is 18.5. The third-order valence-electron chi connectivity index (χ3n) is 3.76. The number of hydrogen-bond donors (Lipinski definition) is 1. The van der Waals surface area contributed by atoms with Gasteiger partial charge in [0.2, 0.25) is 0 Å². The van der Waals surface area contributed by atoms with Gasteiger partial charge in [0.25, 0.3) is 5.91 Å². The van der Waals surface area contributed by atoms with E-state index >= 15 is 0 Å². The van der Waals surface area contributed by atoms with Gasteiger partial charge in [-0.15, -0.1) is 11.3 Å². The second kappa shape index (κ2) is 8.29. The molecule has 3 rings (SSSR count). The second-order valence-corrected chi connectivity index (χ2v) is 6.82. The average Bonchev–Trinajstić information content (AvgIpc) is 3.01. The van der Waals surface area contributed by atoms with Crippen LogP contribution in [0.1, 0.15) is 9.67 Å². The van der Waals surface area contributed by atoms with Crippen molar-refractivity contribution in [3.63, 3.8) is 0 Å². The molecule has 0 spiro atoms. The van der Waals surface area contributed by atoms with Crippen LogP contribution in [-0.2, 0) is 0 Å². The maximum Gasteiger partial charge on any atom is 0.263 e. The van der Waals surface area contributed by atoms with Crippen molar-refractivity contribution in [1.82, 2.24) is 5.32 Å². The van der Waals surface area contributed by atoms with Gasteiger partial charge in [-0.1, -0.05) is 11.6 Å². The Hall–Kier alpha value is -2.44. The topological polar surface area (TPSA) is 56.8 Å². The van der Waals surface area contributed by atoms with Crippen LogP contribution in [0.2, 0.25) is 5.02 Å². The number of amides is 1. The molecule has 1 N–H and O–H groups in total. The summed E-state index contributed by atoms with van der Waals surface area (Å²) in [6, 6.07) is 12.8. The summed E-state index contributed by atoms with van der Waals surface area (Å²) in [5.74, 6) is 1.97. The molecule has 1 heterocycles. The average molecular weight is 392 g/mol. The molecule has 26 heavy (non-hydrogen) atoms. The molecule has 0 fully saturated rings. The fraction of sp³-hybridized carbons (Fsp3) is 0.211. The first-order chi connectivity index (χ1) is 12.6. The fourth-order valence-corrected chi connectivity index (χ4v) is 3.81. The summed E-state index contributed by atoms with van der Waals surface area (Å²) in [4.78, 5) is 12.9.